The maximum absolute atomic E-state index is 12.6. The van der Waals surface area contributed by atoms with Crippen molar-refractivity contribution < 1.29 is 4.79 Å². The summed E-state index contributed by atoms with van der Waals surface area (Å²) >= 11 is 0. The molecule has 4 aromatic rings. The molecule has 9 nitrogen and oxygen atoms in total. The van der Waals surface area contributed by atoms with Gasteiger partial charge in [-0.25, -0.2) is 9.97 Å². The number of rotatable bonds is 6. The van der Waals surface area contributed by atoms with Crippen LogP contribution in [0.1, 0.15) is 54.4 Å². The minimum atomic E-state index is -0.167. The molecule has 0 radical (unpaired) electrons. The highest BCUT2D eigenvalue weighted by molar-refractivity contribution is 5.93. The van der Waals surface area contributed by atoms with Crippen LogP contribution in [0.25, 0.3) is 11.3 Å². The van der Waals surface area contributed by atoms with Gasteiger partial charge >= 0.3 is 0 Å². The Morgan fingerprint density at radius 3 is 2.71 bits per heavy atom. The lowest BCUT2D eigenvalue weighted by atomic mass is 10.0. The number of anilines is 2. The molecule has 1 aliphatic rings. The van der Waals surface area contributed by atoms with Gasteiger partial charge in [0.05, 0.1) is 23.0 Å². The number of benzene rings is 1. The number of hydrogen-bond acceptors (Lipinski definition) is 6. The minimum Gasteiger partial charge on any atom is -0.348 e. The van der Waals surface area contributed by atoms with Crippen LogP contribution in [0.4, 0.5) is 11.6 Å². The number of aromatic nitrogens is 6. The Morgan fingerprint density at radius 2 is 1.97 bits per heavy atom. The van der Waals surface area contributed by atoms with Crippen LogP contribution < -0.4 is 10.6 Å². The van der Waals surface area contributed by atoms with Crippen molar-refractivity contribution >= 4 is 17.5 Å². The van der Waals surface area contributed by atoms with Crippen LogP contribution in [0, 0.1) is 6.92 Å². The largest absolute Gasteiger partial charge is 0.348 e. The number of fused-ring (bicyclic) bond motifs is 1. The summed E-state index contributed by atoms with van der Waals surface area (Å²) < 4.78 is 3.84. The number of hydrogen-bond donors (Lipinski definition) is 2. The minimum absolute atomic E-state index is 0.138. The summed E-state index contributed by atoms with van der Waals surface area (Å²) in [6, 6.07) is 10.1. The maximum atomic E-state index is 12.6. The van der Waals surface area contributed by atoms with Crippen LogP contribution >= 0.6 is 0 Å². The Labute approximate surface area is 204 Å². The van der Waals surface area contributed by atoms with Gasteiger partial charge < -0.3 is 10.6 Å². The summed E-state index contributed by atoms with van der Waals surface area (Å²) in [4.78, 5) is 21.4. The molecular formula is C26H30N8O. The SMILES string of the molecule is Cc1cc(-c2cc(Nc3cc4n(n3)CCC4)ncn2)ccc1CNC(=O)c1cnn(C(C)(C)C)c1. The first kappa shape index (κ1) is 22.8. The fourth-order valence-corrected chi connectivity index (χ4v) is 4.17. The van der Waals surface area contributed by atoms with Gasteiger partial charge in [0.2, 0.25) is 0 Å². The maximum Gasteiger partial charge on any atom is 0.254 e. The van der Waals surface area contributed by atoms with Gasteiger partial charge in [0.25, 0.3) is 5.91 Å². The lowest BCUT2D eigenvalue weighted by molar-refractivity contribution is 0.0950. The zero-order valence-electron chi connectivity index (χ0n) is 20.5. The standard InChI is InChI=1S/C26H30N8O/c1-17-10-18(7-8-19(17)13-27-25(35)20-14-30-34(15-20)26(2,3)4)22-12-23(29-16-28-22)31-24-11-21-6-5-9-33(21)32-24/h7-8,10-12,14-16H,5-6,9,13H2,1-4H3,(H,27,35)(H,28,29,31,32). The van der Waals surface area contributed by atoms with Crippen LogP contribution in [0.2, 0.25) is 0 Å². The molecule has 0 atom stereocenters. The van der Waals surface area contributed by atoms with Gasteiger partial charge in [-0.1, -0.05) is 12.1 Å². The molecule has 0 spiro atoms. The van der Waals surface area contributed by atoms with E-state index in [-0.39, 0.29) is 11.4 Å². The third-order valence-electron chi connectivity index (χ3n) is 6.20. The molecule has 0 saturated carbocycles. The molecule has 4 heterocycles. The number of carbonyl (C=O) groups excluding carboxylic acids is 1. The Bertz CT molecular complexity index is 1360. The Balaban J connectivity index is 1.25. The summed E-state index contributed by atoms with van der Waals surface area (Å²) in [6.45, 7) is 9.59. The molecule has 0 bridgehead atoms. The molecule has 2 N–H and O–H groups in total. The van der Waals surface area contributed by atoms with Crippen LogP contribution in [0.5, 0.6) is 0 Å². The van der Waals surface area contributed by atoms with Gasteiger partial charge in [0.15, 0.2) is 5.82 Å². The molecule has 180 valence electrons. The van der Waals surface area contributed by atoms with Crippen LogP contribution in [-0.2, 0) is 25.0 Å². The number of aryl methyl sites for hydroxylation is 3. The van der Waals surface area contributed by atoms with E-state index in [1.54, 1.807) is 23.4 Å². The number of amides is 1. The highest BCUT2D eigenvalue weighted by Crippen LogP contribution is 2.25. The fourth-order valence-electron chi connectivity index (χ4n) is 4.17. The van der Waals surface area contributed by atoms with E-state index in [9.17, 15) is 4.79 Å². The second kappa shape index (κ2) is 8.98. The second-order valence-electron chi connectivity index (χ2n) is 9.93. The molecule has 9 heteroatoms. The Hall–Kier alpha value is -4.01. The highest BCUT2D eigenvalue weighted by Gasteiger charge is 2.17. The lowest BCUT2D eigenvalue weighted by Crippen LogP contribution is -2.24. The van der Waals surface area contributed by atoms with E-state index in [2.05, 4.69) is 42.9 Å². The molecule has 0 unspecified atom stereocenters. The molecule has 0 aliphatic carbocycles. The van der Waals surface area contributed by atoms with Crippen molar-refractivity contribution in [3.63, 3.8) is 0 Å². The second-order valence-corrected chi connectivity index (χ2v) is 9.93. The molecule has 35 heavy (non-hydrogen) atoms. The van der Waals surface area contributed by atoms with E-state index in [0.717, 1.165) is 47.6 Å². The average Bonchev–Trinajstić information content (AvgIpc) is 3.55. The van der Waals surface area contributed by atoms with Crippen molar-refractivity contribution in [2.75, 3.05) is 5.32 Å². The first-order valence-corrected chi connectivity index (χ1v) is 11.9. The van der Waals surface area contributed by atoms with Gasteiger partial charge in [-0.05, 0) is 57.7 Å². The van der Waals surface area contributed by atoms with Crippen molar-refractivity contribution in [3.8, 4) is 11.3 Å². The first-order valence-electron chi connectivity index (χ1n) is 11.9. The van der Waals surface area contributed by atoms with Crippen LogP contribution in [0.3, 0.4) is 0 Å². The van der Waals surface area contributed by atoms with E-state index in [4.69, 9.17) is 0 Å². The average molecular weight is 471 g/mol. The predicted octanol–water partition coefficient (Wildman–Crippen LogP) is 4.22. The molecule has 0 fully saturated rings. The van der Waals surface area contributed by atoms with E-state index >= 15 is 0 Å². The quantitative estimate of drug-likeness (QED) is 0.437. The predicted molar refractivity (Wildman–Crippen MR) is 134 cm³/mol. The van der Waals surface area contributed by atoms with E-state index in [1.165, 1.54) is 5.69 Å². The van der Waals surface area contributed by atoms with Crippen molar-refractivity contribution in [2.45, 2.75) is 59.2 Å². The van der Waals surface area contributed by atoms with Gasteiger partial charge in [0.1, 0.15) is 12.1 Å². The number of nitrogens with zero attached hydrogens (tertiary/aromatic N) is 6. The zero-order valence-corrected chi connectivity index (χ0v) is 20.5. The van der Waals surface area contributed by atoms with Gasteiger partial charge in [-0.15, -0.1) is 0 Å². The van der Waals surface area contributed by atoms with Crippen molar-refractivity contribution in [1.82, 2.24) is 34.8 Å². The zero-order chi connectivity index (χ0) is 24.6. The third-order valence-corrected chi connectivity index (χ3v) is 6.20. The fraction of sp³-hybridized carbons (Fsp3) is 0.346. The van der Waals surface area contributed by atoms with Crippen molar-refractivity contribution in [1.29, 1.82) is 0 Å². The summed E-state index contributed by atoms with van der Waals surface area (Å²) in [6.07, 6.45) is 7.16. The summed E-state index contributed by atoms with van der Waals surface area (Å²) in [7, 11) is 0. The van der Waals surface area contributed by atoms with E-state index in [0.29, 0.717) is 17.9 Å². The van der Waals surface area contributed by atoms with Crippen LogP contribution in [0.15, 0.2) is 49.1 Å². The molecule has 5 rings (SSSR count). The summed E-state index contributed by atoms with van der Waals surface area (Å²) in [5.74, 6) is 1.37. The molecule has 1 amide bonds. The summed E-state index contributed by atoms with van der Waals surface area (Å²) in [5.41, 5.74) is 5.57. The normalized spacial score (nSPS) is 13.0. The topological polar surface area (TPSA) is 103 Å². The van der Waals surface area contributed by atoms with E-state index in [1.807, 2.05) is 50.6 Å². The molecular weight excluding hydrogens is 440 g/mol. The van der Waals surface area contributed by atoms with Crippen molar-refractivity contribution in [2.24, 2.45) is 0 Å². The monoisotopic (exact) mass is 470 g/mol. The number of carbonyl (C=O) groups is 1. The first-order chi connectivity index (χ1) is 16.8. The van der Waals surface area contributed by atoms with Gasteiger partial charge in [-0.2, -0.15) is 10.2 Å². The molecule has 3 aromatic heterocycles. The third kappa shape index (κ3) is 4.94. The van der Waals surface area contributed by atoms with Gasteiger partial charge in [0, 0.05) is 42.7 Å². The van der Waals surface area contributed by atoms with E-state index < -0.39 is 0 Å². The van der Waals surface area contributed by atoms with Gasteiger partial charge in [-0.3, -0.25) is 14.2 Å². The number of nitrogens with one attached hydrogen (secondary N) is 2. The Kier molecular flexibility index (Phi) is 5.84. The van der Waals surface area contributed by atoms with Crippen LogP contribution in [-0.4, -0.2) is 35.4 Å². The lowest BCUT2D eigenvalue weighted by Gasteiger charge is -2.18. The summed E-state index contributed by atoms with van der Waals surface area (Å²) in [5, 5.41) is 15.2. The molecule has 1 aromatic carbocycles. The van der Waals surface area contributed by atoms with Crippen molar-refractivity contribution in [3.05, 3.63) is 71.4 Å². The molecule has 0 saturated heterocycles. The Morgan fingerprint density at radius 1 is 1.11 bits per heavy atom. The smallest absolute Gasteiger partial charge is 0.254 e. The molecule has 1 aliphatic heterocycles. The highest BCUT2D eigenvalue weighted by atomic mass is 16.1.